The molecule has 0 fully saturated rings. The van der Waals surface area contributed by atoms with Crippen LogP contribution in [0.4, 0.5) is 0 Å². The van der Waals surface area contributed by atoms with Gasteiger partial charge in [0.25, 0.3) is 0 Å². The lowest BCUT2D eigenvalue weighted by Gasteiger charge is -2.17. The van der Waals surface area contributed by atoms with E-state index in [1.165, 1.54) is 12.1 Å². The fourth-order valence-corrected chi connectivity index (χ4v) is 3.77. The van der Waals surface area contributed by atoms with Gasteiger partial charge in [-0.1, -0.05) is 0 Å². The van der Waals surface area contributed by atoms with Crippen LogP contribution in [0.3, 0.4) is 0 Å². The summed E-state index contributed by atoms with van der Waals surface area (Å²) in [6.45, 7) is 1.46. The minimum absolute atomic E-state index is 0.0102. The number of sulfonamides is 1. The Bertz CT molecular complexity index is 918. The molecular formula is C19H23N3O5S. The van der Waals surface area contributed by atoms with Crippen molar-refractivity contribution in [2.45, 2.75) is 24.3 Å². The molecule has 0 atom stereocenters. The molecule has 0 spiro atoms. The van der Waals surface area contributed by atoms with E-state index in [2.05, 4.69) is 9.71 Å². The van der Waals surface area contributed by atoms with E-state index in [1.54, 1.807) is 30.4 Å². The Morgan fingerprint density at radius 1 is 1.14 bits per heavy atom. The van der Waals surface area contributed by atoms with Gasteiger partial charge in [-0.3, -0.25) is 9.78 Å². The third-order valence-electron chi connectivity index (χ3n) is 4.26. The molecule has 0 saturated carbocycles. The Morgan fingerprint density at radius 3 is 2.61 bits per heavy atom. The molecule has 0 aliphatic carbocycles. The summed E-state index contributed by atoms with van der Waals surface area (Å²) < 4.78 is 38.5. The largest absolute Gasteiger partial charge is 0.490 e. The number of ether oxygens (including phenoxy) is 2. The Balaban J connectivity index is 1.55. The van der Waals surface area contributed by atoms with Crippen LogP contribution >= 0.6 is 0 Å². The van der Waals surface area contributed by atoms with E-state index in [9.17, 15) is 13.2 Å². The van der Waals surface area contributed by atoms with Crippen LogP contribution in [0.5, 0.6) is 11.5 Å². The van der Waals surface area contributed by atoms with E-state index >= 15 is 0 Å². The number of pyridine rings is 1. The van der Waals surface area contributed by atoms with Crippen LogP contribution in [-0.4, -0.2) is 51.0 Å². The van der Waals surface area contributed by atoms with Crippen LogP contribution in [0.1, 0.15) is 18.4 Å². The molecular weight excluding hydrogens is 382 g/mol. The molecule has 2 aromatic rings. The first-order chi connectivity index (χ1) is 13.5. The molecule has 1 aliphatic heterocycles. The molecule has 1 amide bonds. The maximum atomic E-state index is 12.5. The molecule has 3 rings (SSSR count). The van der Waals surface area contributed by atoms with Crippen molar-refractivity contribution in [2.24, 2.45) is 0 Å². The minimum atomic E-state index is -3.75. The van der Waals surface area contributed by atoms with Crippen molar-refractivity contribution in [1.29, 1.82) is 0 Å². The molecule has 0 unspecified atom stereocenters. The molecule has 1 N–H and O–H groups in total. The van der Waals surface area contributed by atoms with Gasteiger partial charge in [-0.25, -0.2) is 13.1 Å². The van der Waals surface area contributed by atoms with Crippen LogP contribution in [0.2, 0.25) is 0 Å². The number of carbonyl (C=O) groups is 1. The van der Waals surface area contributed by atoms with Gasteiger partial charge >= 0.3 is 0 Å². The quantitative estimate of drug-likeness (QED) is 0.751. The van der Waals surface area contributed by atoms with Crippen molar-refractivity contribution in [1.82, 2.24) is 14.6 Å². The van der Waals surface area contributed by atoms with Gasteiger partial charge in [-0.05, 0) is 29.8 Å². The Labute approximate surface area is 164 Å². The van der Waals surface area contributed by atoms with Gasteiger partial charge < -0.3 is 14.4 Å². The maximum absolute atomic E-state index is 12.5. The summed E-state index contributed by atoms with van der Waals surface area (Å²) in [6, 6.07) is 8.16. The summed E-state index contributed by atoms with van der Waals surface area (Å²) in [5.74, 6) is 0.788. The summed E-state index contributed by atoms with van der Waals surface area (Å²) in [4.78, 5) is 17.8. The minimum Gasteiger partial charge on any atom is -0.490 e. The third-order valence-corrected chi connectivity index (χ3v) is 5.71. The summed E-state index contributed by atoms with van der Waals surface area (Å²) in [7, 11) is -2.07. The molecule has 0 saturated heterocycles. The predicted molar refractivity (Wildman–Crippen MR) is 103 cm³/mol. The Hall–Kier alpha value is -2.65. The number of hydrogen-bond donors (Lipinski definition) is 1. The Morgan fingerprint density at radius 2 is 1.86 bits per heavy atom. The lowest BCUT2D eigenvalue weighted by molar-refractivity contribution is -0.130. The fourth-order valence-electron chi connectivity index (χ4n) is 2.73. The lowest BCUT2D eigenvalue weighted by atomic mass is 10.2. The molecule has 28 heavy (non-hydrogen) atoms. The average Bonchev–Trinajstić information content (AvgIpc) is 2.93. The van der Waals surface area contributed by atoms with Crippen molar-refractivity contribution < 1.29 is 22.7 Å². The highest BCUT2D eigenvalue weighted by Gasteiger charge is 2.19. The van der Waals surface area contributed by atoms with E-state index in [4.69, 9.17) is 9.47 Å². The summed E-state index contributed by atoms with van der Waals surface area (Å²) in [5.41, 5.74) is 0.957. The lowest BCUT2D eigenvalue weighted by Crippen LogP contribution is -2.32. The van der Waals surface area contributed by atoms with Gasteiger partial charge in [-0.15, -0.1) is 0 Å². The second kappa shape index (κ2) is 9.03. The number of amides is 1. The number of nitrogens with zero attached hydrogens (tertiary/aromatic N) is 2. The van der Waals surface area contributed by atoms with Crippen molar-refractivity contribution in [3.63, 3.8) is 0 Å². The van der Waals surface area contributed by atoms with E-state index < -0.39 is 10.0 Å². The van der Waals surface area contributed by atoms with E-state index in [1.807, 2.05) is 12.1 Å². The van der Waals surface area contributed by atoms with Crippen molar-refractivity contribution >= 4 is 15.9 Å². The zero-order valence-electron chi connectivity index (χ0n) is 15.6. The zero-order valence-corrected chi connectivity index (χ0v) is 16.4. The number of aromatic nitrogens is 1. The average molecular weight is 405 g/mol. The fraction of sp³-hybridized carbons (Fsp3) is 0.368. The molecule has 0 bridgehead atoms. The summed E-state index contributed by atoms with van der Waals surface area (Å²) in [6.07, 6.45) is 4.13. The monoisotopic (exact) mass is 405 g/mol. The number of nitrogens with one attached hydrogen (secondary N) is 1. The number of benzene rings is 1. The number of fused-ring (bicyclic) bond motifs is 1. The number of hydrogen-bond acceptors (Lipinski definition) is 6. The van der Waals surface area contributed by atoms with Crippen LogP contribution in [0.15, 0.2) is 47.6 Å². The highest BCUT2D eigenvalue weighted by atomic mass is 32.2. The molecule has 150 valence electrons. The van der Waals surface area contributed by atoms with Gasteiger partial charge in [0.2, 0.25) is 15.9 Å². The van der Waals surface area contributed by atoms with E-state index in [0.29, 0.717) is 31.3 Å². The predicted octanol–water partition coefficient (Wildman–Crippen LogP) is 1.57. The number of rotatable bonds is 7. The normalized spacial score (nSPS) is 13.6. The molecule has 1 aromatic heterocycles. The molecule has 1 aliphatic rings. The standard InChI is InChI=1S/C19H23N3O5S/c1-22(14-15-5-8-20-9-6-15)19(23)7-10-21-28(24,25)16-3-4-17-18(13-16)27-12-2-11-26-17/h3-6,8-9,13,21H,2,7,10-12,14H2,1H3. The van der Waals surface area contributed by atoms with E-state index in [0.717, 1.165) is 12.0 Å². The van der Waals surface area contributed by atoms with Crippen LogP contribution in [0.25, 0.3) is 0 Å². The van der Waals surface area contributed by atoms with Crippen LogP contribution in [-0.2, 0) is 21.4 Å². The summed E-state index contributed by atoms with van der Waals surface area (Å²) >= 11 is 0. The topological polar surface area (TPSA) is 97.8 Å². The molecule has 0 radical (unpaired) electrons. The second-order valence-corrected chi connectivity index (χ2v) is 8.18. The van der Waals surface area contributed by atoms with Crippen molar-refractivity contribution in [3.8, 4) is 11.5 Å². The van der Waals surface area contributed by atoms with Crippen LogP contribution in [0, 0.1) is 0 Å². The molecule has 8 nitrogen and oxygen atoms in total. The Kier molecular flexibility index (Phi) is 6.48. The van der Waals surface area contributed by atoms with Crippen molar-refractivity contribution in [2.75, 3.05) is 26.8 Å². The van der Waals surface area contributed by atoms with E-state index in [-0.39, 0.29) is 23.8 Å². The van der Waals surface area contributed by atoms with Gasteiger partial charge in [0, 0.05) is 51.4 Å². The first-order valence-corrected chi connectivity index (χ1v) is 10.5. The molecule has 9 heteroatoms. The number of carbonyl (C=O) groups excluding carboxylic acids is 1. The molecule has 1 aromatic carbocycles. The highest BCUT2D eigenvalue weighted by Crippen LogP contribution is 2.31. The first kappa shape index (κ1) is 20.1. The SMILES string of the molecule is CN(Cc1ccncc1)C(=O)CCNS(=O)(=O)c1ccc2c(c1)OCCCO2. The van der Waals surface area contributed by atoms with Crippen LogP contribution < -0.4 is 14.2 Å². The summed E-state index contributed by atoms with van der Waals surface area (Å²) in [5, 5.41) is 0. The molecule has 2 heterocycles. The van der Waals surface area contributed by atoms with Gasteiger partial charge in [0.1, 0.15) is 0 Å². The van der Waals surface area contributed by atoms with Gasteiger partial charge in [0.05, 0.1) is 18.1 Å². The third kappa shape index (κ3) is 5.20. The van der Waals surface area contributed by atoms with Gasteiger partial charge in [0.15, 0.2) is 11.5 Å². The zero-order chi connectivity index (χ0) is 20.0. The second-order valence-electron chi connectivity index (χ2n) is 6.41. The van der Waals surface area contributed by atoms with Crippen molar-refractivity contribution in [3.05, 3.63) is 48.3 Å². The highest BCUT2D eigenvalue weighted by molar-refractivity contribution is 7.89. The maximum Gasteiger partial charge on any atom is 0.240 e. The smallest absolute Gasteiger partial charge is 0.240 e. The van der Waals surface area contributed by atoms with Gasteiger partial charge in [-0.2, -0.15) is 0 Å². The first-order valence-electron chi connectivity index (χ1n) is 8.98.